The van der Waals surface area contributed by atoms with E-state index in [2.05, 4.69) is 9.97 Å². The van der Waals surface area contributed by atoms with Crippen LogP contribution in [0.5, 0.6) is 5.75 Å². The van der Waals surface area contributed by atoms with Crippen LogP contribution >= 0.6 is 11.3 Å². The zero-order valence-electron chi connectivity index (χ0n) is 17.8. The first kappa shape index (κ1) is 21.8. The van der Waals surface area contributed by atoms with Crippen LogP contribution in [0.15, 0.2) is 50.9 Å². The van der Waals surface area contributed by atoms with Crippen molar-refractivity contribution in [1.82, 2.24) is 14.5 Å². The van der Waals surface area contributed by atoms with Gasteiger partial charge in [0.15, 0.2) is 5.75 Å². The molecule has 9 heteroatoms. The van der Waals surface area contributed by atoms with Gasteiger partial charge in [0.2, 0.25) is 5.43 Å². The number of hydrogen-bond donors (Lipinski definition) is 2. The summed E-state index contributed by atoms with van der Waals surface area (Å²) in [4.78, 5) is 45.3. The summed E-state index contributed by atoms with van der Waals surface area (Å²) in [5.74, 6) is 0.0788. The number of nitrogens with one attached hydrogen (secondary N) is 2. The lowest BCUT2D eigenvalue weighted by molar-refractivity contribution is 0.267. The maximum absolute atomic E-state index is 13.4. The molecular formula is C23H22FN3O4S. The highest BCUT2D eigenvalue weighted by Crippen LogP contribution is 2.35. The Bertz CT molecular complexity index is 1460. The number of aromatic nitrogens is 3. The van der Waals surface area contributed by atoms with Crippen LogP contribution in [0.25, 0.3) is 21.3 Å². The number of nitrogens with zero attached hydrogens (tertiary/aromatic N) is 1. The van der Waals surface area contributed by atoms with E-state index in [0.29, 0.717) is 33.6 Å². The molecule has 3 aromatic heterocycles. The molecule has 0 saturated carbocycles. The molecule has 166 valence electrons. The molecule has 3 heterocycles. The van der Waals surface area contributed by atoms with Gasteiger partial charge in [0.1, 0.15) is 10.6 Å². The van der Waals surface area contributed by atoms with E-state index in [1.54, 1.807) is 12.1 Å². The molecule has 0 bridgehead atoms. The molecule has 0 spiro atoms. The highest BCUT2D eigenvalue weighted by molar-refractivity contribution is 7.19. The van der Waals surface area contributed by atoms with Crippen LogP contribution in [-0.4, -0.2) is 21.1 Å². The number of aryl methyl sites for hydroxylation is 1. The standard InChI is InChI=1S/C23H22FN3O4S/c1-12(2)11-31-18-9-25-16(8-17(18)28)10-27-22(29)20-19(14-4-6-15(24)7-5-14)13(3)32-21(20)26-23(27)30/h4-9,12H,10-11H2,1-3H3,(H,25,28)(H,26,30). The number of halogens is 1. The summed E-state index contributed by atoms with van der Waals surface area (Å²) in [6.07, 6.45) is 1.44. The molecule has 4 aromatic rings. The summed E-state index contributed by atoms with van der Waals surface area (Å²) in [6.45, 7) is 6.09. The van der Waals surface area contributed by atoms with Crippen LogP contribution in [0.1, 0.15) is 24.4 Å². The van der Waals surface area contributed by atoms with E-state index in [0.717, 1.165) is 9.44 Å². The largest absolute Gasteiger partial charge is 0.488 e. The lowest BCUT2D eigenvalue weighted by Crippen LogP contribution is -2.35. The highest BCUT2D eigenvalue weighted by Gasteiger charge is 2.18. The van der Waals surface area contributed by atoms with Gasteiger partial charge in [-0.15, -0.1) is 11.3 Å². The van der Waals surface area contributed by atoms with Crippen molar-refractivity contribution in [3.8, 4) is 16.9 Å². The highest BCUT2D eigenvalue weighted by atomic mass is 32.1. The first-order valence-electron chi connectivity index (χ1n) is 10.1. The molecule has 0 radical (unpaired) electrons. The van der Waals surface area contributed by atoms with Crippen molar-refractivity contribution < 1.29 is 9.13 Å². The fraction of sp³-hybridized carbons (Fsp3) is 0.261. The van der Waals surface area contributed by atoms with Crippen molar-refractivity contribution in [2.24, 2.45) is 5.92 Å². The van der Waals surface area contributed by atoms with Gasteiger partial charge in [-0.05, 0) is 30.5 Å². The number of H-pyrrole nitrogens is 2. The Hall–Kier alpha value is -3.46. The summed E-state index contributed by atoms with van der Waals surface area (Å²) >= 11 is 1.30. The first-order chi connectivity index (χ1) is 15.2. The van der Waals surface area contributed by atoms with Gasteiger partial charge >= 0.3 is 5.69 Å². The predicted molar refractivity (Wildman–Crippen MR) is 123 cm³/mol. The summed E-state index contributed by atoms with van der Waals surface area (Å²) in [7, 11) is 0. The second kappa shape index (κ2) is 8.58. The lowest BCUT2D eigenvalue weighted by Gasteiger charge is -2.10. The third-order valence-electron chi connectivity index (χ3n) is 4.98. The molecule has 0 unspecified atom stereocenters. The van der Waals surface area contributed by atoms with E-state index in [1.807, 2.05) is 20.8 Å². The lowest BCUT2D eigenvalue weighted by atomic mass is 10.0. The van der Waals surface area contributed by atoms with Gasteiger partial charge in [-0.25, -0.2) is 9.18 Å². The number of rotatable bonds is 6. The van der Waals surface area contributed by atoms with Gasteiger partial charge in [-0.2, -0.15) is 0 Å². The van der Waals surface area contributed by atoms with Crippen molar-refractivity contribution in [2.45, 2.75) is 27.3 Å². The van der Waals surface area contributed by atoms with E-state index in [1.165, 1.54) is 35.7 Å². The normalized spacial score (nSPS) is 11.4. The van der Waals surface area contributed by atoms with E-state index in [4.69, 9.17) is 4.74 Å². The maximum Gasteiger partial charge on any atom is 0.329 e. The van der Waals surface area contributed by atoms with Gasteiger partial charge in [0.25, 0.3) is 5.56 Å². The van der Waals surface area contributed by atoms with Crippen molar-refractivity contribution in [1.29, 1.82) is 0 Å². The number of hydrogen-bond acceptors (Lipinski definition) is 5. The molecule has 0 fully saturated rings. The average molecular weight is 456 g/mol. The molecule has 0 aliphatic heterocycles. The second-order valence-corrected chi connectivity index (χ2v) is 9.18. The summed E-state index contributed by atoms with van der Waals surface area (Å²) < 4.78 is 19.9. The molecule has 0 saturated heterocycles. The van der Waals surface area contributed by atoms with Crippen LogP contribution in [0.3, 0.4) is 0 Å². The molecule has 4 rings (SSSR count). The van der Waals surface area contributed by atoms with Gasteiger partial charge < -0.3 is 9.72 Å². The Morgan fingerprint density at radius 1 is 1.16 bits per heavy atom. The van der Waals surface area contributed by atoms with Crippen molar-refractivity contribution in [2.75, 3.05) is 6.61 Å². The molecule has 0 aliphatic rings. The van der Waals surface area contributed by atoms with Gasteiger partial charge in [-0.3, -0.25) is 19.1 Å². The zero-order valence-corrected chi connectivity index (χ0v) is 18.6. The summed E-state index contributed by atoms with van der Waals surface area (Å²) in [5.41, 5.74) is 0.359. The Labute approximate surface area is 186 Å². The van der Waals surface area contributed by atoms with E-state index < -0.39 is 11.2 Å². The minimum absolute atomic E-state index is 0.110. The molecule has 0 aliphatic carbocycles. The monoisotopic (exact) mass is 455 g/mol. The second-order valence-electron chi connectivity index (χ2n) is 7.96. The number of pyridine rings is 1. The minimum atomic E-state index is -0.574. The predicted octanol–water partition coefficient (Wildman–Crippen LogP) is 3.64. The van der Waals surface area contributed by atoms with Crippen molar-refractivity contribution in [3.63, 3.8) is 0 Å². The third kappa shape index (κ3) is 4.16. The maximum atomic E-state index is 13.4. The number of ether oxygens (including phenoxy) is 1. The molecule has 2 N–H and O–H groups in total. The van der Waals surface area contributed by atoms with E-state index >= 15 is 0 Å². The van der Waals surface area contributed by atoms with Crippen LogP contribution in [0.4, 0.5) is 4.39 Å². The minimum Gasteiger partial charge on any atom is -0.488 e. The summed E-state index contributed by atoms with van der Waals surface area (Å²) in [6, 6.07) is 7.19. The Balaban J connectivity index is 1.77. The van der Waals surface area contributed by atoms with Crippen LogP contribution in [0.2, 0.25) is 0 Å². The van der Waals surface area contributed by atoms with Crippen molar-refractivity contribution in [3.05, 3.63) is 84.0 Å². The average Bonchev–Trinajstić information content (AvgIpc) is 3.06. The zero-order chi connectivity index (χ0) is 23.0. The quantitative estimate of drug-likeness (QED) is 0.464. The fourth-order valence-corrected chi connectivity index (χ4v) is 4.53. The Kier molecular flexibility index (Phi) is 5.84. The van der Waals surface area contributed by atoms with Crippen LogP contribution in [0, 0.1) is 18.7 Å². The number of fused-ring (bicyclic) bond motifs is 1. The number of aromatic amines is 2. The molecule has 32 heavy (non-hydrogen) atoms. The number of thiophene rings is 1. The molecular weight excluding hydrogens is 433 g/mol. The van der Waals surface area contributed by atoms with E-state index in [-0.39, 0.29) is 29.5 Å². The third-order valence-corrected chi connectivity index (χ3v) is 6.00. The van der Waals surface area contributed by atoms with Crippen LogP contribution < -0.4 is 21.4 Å². The summed E-state index contributed by atoms with van der Waals surface area (Å²) in [5, 5.41) is 0.359. The van der Waals surface area contributed by atoms with E-state index in [9.17, 15) is 18.8 Å². The Morgan fingerprint density at radius 2 is 1.88 bits per heavy atom. The molecule has 0 amide bonds. The first-order valence-corrected chi connectivity index (χ1v) is 10.9. The van der Waals surface area contributed by atoms with Gasteiger partial charge in [0, 0.05) is 28.4 Å². The number of benzene rings is 1. The SMILES string of the molecule is Cc1sc2[nH]c(=O)n(Cc3cc(=O)c(OCC(C)C)c[nH]3)c(=O)c2c1-c1ccc(F)cc1. The molecule has 7 nitrogen and oxygen atoms in total. The van der Waals surface area contributed by atoms with Crippen LogP contribution in [-0.2, 0) is 6.54 Å². The molecule has 0 atom stereocenters. The van der Waals surface area contributed by atoms with Gasteiger partial charge in [0.05, 0.1) is 18.5 Å². The Morgan fingerprint density at radius 3 is 2.53 bits per heavy atom. The molecule has 1 aromatic carbocycles. The van der Waals surface area contributed by atoms with Gasteiger partial charge in [-0.1, -0.05) is 26.0 Å². The van der Waals surface area contributed by atoms with Crippen molar-refractivity contribution >= 4 is 21.6 Å². The smallest absolute Gasteiger partial charge is 0.329 e. The fourth-order valence-electron chi connectivity index (χ4n) is 3.47. The topological polar surface area (TPSA) is 96.9 Å².